The number of likely N-dealkylation sites (N-methyl/N-ethyl adjacent to an activating group) is 1. The fourth-order valence-corrected chi connectivity index (χ4v) is 6.63. The number of hydrogen-bond acceptors (Lipinski definition) is 7. The molecule has 0 radical (unpaired) electrons. The normalized spacial score (nSPS) is 18.0. The van der Waals surface area contributed by atoms with Crippen LogP contribution in [0.1, 0.15) is 49.9 Å². The van der Waals surface area contributed by atoms with Gasteiger partial charge in [0.05, 0.1) is 17.7 Å². The van der Waals surface area contributed by atoms with Gasteiger partial charge in [-0.1, -0.05) is 30.3 Å². The van der Waals surface area contributed by atoms with E-state index in [1.54, 1.807) is 55.7 Å². The topological polar surface area (TPSA) is 108 Å². The van der Waals surface area contributed by atoms with Crippen LogP contribution in [0.4, 0.5) is 4.39 Å². The highest BCUT2D eigenvalue weighted by molar-refractivity contribution is 6.60. The maximum Gasteiger partial charge on any atom is 0.272 e. The molecular formula is C31H48B6FN3O6. The number of nitrogens with zero attached hydrogens (tertiary/aromatic N) is 2. The van der Waals surface area contributed by atoms with Crippen molar-refractivity contribution in [1.29, 1.82) is 0 Å². The van der Waals surface area contributed by atoms with E-state index in [0.717, 1.165) is 10.5 Å². The summed E-state index contributed by atoms with van der Waals surface area (Å²) in [5.41, 5.74) is -1.07. The minimum atomic E-state index is -2.41. The van der Waals surface area contributed by atoms with Crippen LogP contribution in [0.25, 0.3) is 0 Å². The fraction of sp³-hybridized carbons (Fsp3) is 0.516. The van der Waals surface area contributed by atoms with Gasteiger partial charge in [0.1, 0.15) is 71.5 Å². The smallest absolute Gasteiger partial charge is 0.272 e. The number of carbonyl (C=O) groups excluding carboxylic acids is 3. The molecule has 2 amide bonds. The first-order valence-electron chi connectivity index (χ1n) is 16.1. The summed E-state index contributed by atoms with van der Waals surface area (Å²) in [6, 6.07) is 10.6. The summed E-state index contributed by atoms with van der Waals surface area (Å²) in [6.07, 6.45) is 1.06. The Morgan fingerprint density at radius 3 is 2.17 bits per heavy atom. The van der Waals surface area contributed by atoms with Crippen molar-refractivity contribution in [3.05, 3.63) is 64.5 Å². The van der Waals surface area contributed by atoms with Crippen LogP contribution in [0.2, 0.25) is 10.4 Å². The number of morpholine rings is 1. The highest BCUT2D eigenvalue weighted by atomic mass is 19.1. The Labute approximate surface area is 284 Å². The number of carbonyl (C=O) groups is 3. The summed E-state index contributed by atoms with van der Waals surface area (Å²) in [5.74, 6) is -0.839. The molecular weight excluding hydrogens is 594 g/mol. The van der Waals surface area contributed by atoms with E-state index < -0.39 is 38.6 Å². The van der Waals surface area contributed by atoms with Crippen molar-refractivity contribution >= 4 is 65.7 Å². The van der Waals surface area contributed by atoms with Gasteiger partial charge in [0.2, 0.25) is 12.1 Å². The average molecular weight is 643 g/mol. The van der Waals surface area contributed by atoms with E-state index in [1.165, 1.54) is 7.05 Å². The molecule has 16 heteroatoms. The van der Waals surface area contributed by atoms with Gasteiger partial charge in [-0.3, -0.25) is 9.59 Å². The van der Waals surface area contributed by atoms with Crippen molar-refractivity contribution < 1.29 is 33.4 Å². The number of nitrogens with one attached hydrogen (secondary N) is 1. The number of aliphatic hydroxyl groups is 1. The summed E-state index contributed by atoms with van der Waals surface area (Å²) in [6.45, 7) is 10.9. The van der Waals surface area contributed by atoms with Gasteiger partial charge >= 0.3 is 0 Å². The zero-order valence-corrected chi connectivity index (χ0v) is 30.2. The first-order chi connectivity index (χ1) is 21.5. The van der Waals surface area contributed by atoms with Crippen molar-refractivity contribution in [2.75, 3.05) is 20.1 Å². The van der Waals surface area contributed by atoms with Gasteiger partial charge < -0.3 is 34.5 Å². The van der Waals surface area contributed by atoms with Gasteiger partial charge in [-0.05, 0) is 67.6 Å². The Morgan fingerprint density at radius 1 is 1.06 bits per heavy atom. The molecule has 1 atom stereocenters. The zero-order valence-electron chi connectivity index (χ0n) is 30.2. The van der Waals surface area contributed by atoms with Crippen LogP contribution in [0.5, 0.6) is 5.75 Å². The van der Waals surface area contributed by atoms with E-state index in [9.17, 15) is 19.5 Å². The number of halogens is 1. The molecule has 0 spiro atoms. The van der Waals surface area contributed by atoms with Crippen molar-refractivity contribution in [3.8, 4) is 5.75 Å². The van der Waals surface area contributed by atoms with Gasteiger partial charge in [0, 0.05) is 31.3 Å². The average Bonchev–Trinajstić information content (AvgIpc) is 2.97. The monoisotopic (exact) mass is 643 g/mol. The van der Waals surface area contributed by atoms with Crippen LogP contribution in [0.15, 0.2) is 36.4 Å². The lowest BCUT2D eigenvalue weighted by atomic mass is 9.27. The number of amides is 2. The highest BCUT2D eigenvalue weighted by Crippen LogP contribution is 2.50. The molecule has 9 nitrogen and oxygen atoms in total. The number of ether oxygens (including phenoxy) is 2. The van der Waals surface area contributed by atoms with Crippen molar-refractivity contribution in [2.24, 2.45) is 0 Å². The Hall–Kier alpha value is -2.95. The lowest BCUT2D eigenvalue weighted by molar-refractivity contribution is -0.186. The number of benzene rings is 2. The first kappa shape index (κ1) is 38.5. The van der Waals surface area contributed by atoms with Crippen LogP contribution in [-0.2, 0) is 37.6 Å². The van der Waals surface area contributed by atoms with Crippen LogP contribution in [0, 0.1) is 12.7 Å². The lowest BCUT2D eigenvalue weighted by Gasteiger charge is -2.53. The van der Waals surface area contributed by atoms with E-state index in [0.29, 0.717) is 48.2 Å². The summed E-state index contributed by atoms with van der Waals surface area (Å²) in [7, 11) is 11.7. The molecule has 0 bridgehead atoms. The predicted octanol–water partition coefficient (Wildman–Crippen LogP) is -2.66. The van der Waals surface area contributed by atoms with Gasteiger partial charge in [0.15, 0.2) is 0 Å². The lowest BCUT2D eigenvalue weighted by Crippen LogP contribution is -2.68. The van der Waals surface area contributed by atoms with Crippen LogP contribution in [0.3, 0.4) is 0 Å². The number of hydrogen-bond donors (Lipinski definition) is 2. The minimum absolute atomic E-state index is 0.100. The van der Waals surface area contributed by atoms with Gasteiger partial charge in [-0.2, -0.15) is 0 Å². The molecule has 0 saturated carbocycles. The van der Waals surface area contributed by atoms with E-state index in [4.69, 9.17) is 9.47 Å². The Balaban J connectivity index is 1.98. The second-order valence-corrected chi connectivity index (χ2v) is 15.6. The molecule has 0 aromatic heterocycles. The number of aldehydes is 1. The molecule has 1 aliphatic rings. The molecule has 2 N–H and O–H groups in total. The summed E-state index contributed by atoms with van der Waals surface area (Å²) < 4.78 is 28.8. The molecule has 3 rings (SSSR count). The highest BCUT2D eigenvalue weighted by Gasteiger charge is 2.59. The molecule has 248 valence electrons. The first-order valence-corrected chi connectivity index (χ1v) is 16.1. The third-order valence-corrected chi connectivity index (χ3v) is 10.2. The van der Waals surface area contributed by atoms with Crippen molar-refractivity contribution in [3.63, 3.8) is 0 Å². The minimum Gasteiger partial charge on any atom is -0.488 e. The Bertz CT molecular complexity index is 1490. The van der Waals surface area contributed by atoms with Crippen LogP contribution >= 0.6 is 0 Å². The molecule has 0 aliphatic carbocycles. The van der Waals surface area contributed by atoms with Crippen molar-refractivity contribution in [1.82, 2.24) is 15.1 Å². The van der Waals surface area contributed by atoms with E-state index in [-0.39, 0.29) is 19.0 Å². The quantitative estimate of drug-likeness (QED) is 0.140. The van der Waals surface area contributed by atoms with Gasteiger partial charge in [-0.25, -0.2) is 4.39 Å². The number of rotatable bonds is 13. The molecule has 47 heavy (non-hydrogen) atoms. The second-order valence-electron chi connectivity index (χ2n) is 15.6. The third-order valence-electron chi connectivity index (χ3n) is 10.2. The summed E-state index contributed by atoms with van der Waals surface area (Å²) in [4.78, 5) is 41.2. The molecule has 1 heterocycles. The SMILES string of the molecule is BC(B)(c1cccc(COc2cccc(C)c2CN(C=O)C(O)(C(=O)NC)C(B)(B)C(B)(B)C=O)c1F)N1CC(C)(C)OC(C)(C)C1. The third kappa shape index (κ3) is 7.39. The predicted molar refractivity (Wildman–Crippen MR) is 198 cm³/mol. The Morgan fingerprint density at radius 2 is 1.64 bits per heavy atom. The second kappa shape index (κ2) is 13.5. The molecule has 2 aromatic carbocycles. The van der Waals surface area contributed by atoms with Gasteiger partial charge in [0.25, 0.3) is 5.91 Å². The molecule has 1 saturated heterocycles. The van der Waals surface area contributed by atoms with Crippen LogP contribution in [-0.4, -0.2) is 118 Å². The molecule has 1 fully saturated rings. The maximum atomic E-state index is 16.3. The molecule has 1 unspecified atom stereocenters. The molecule has 1 aliphatic heterocycles. The van der Waals surface area contributed by atoms with Gasteiger partial charge in [-0.15, -0.1) is 0 Å². The standard InChI is InChI=1S/C31H48B6FN3O6/c1-19-9-7-12-23(21(19)13-40(18-43)29(45,25(44)39-6)31(36,37)28(32,33)17-42)46-14-20-10-8-11-22(24(20)38)30(34,35)41-15-26(2,3)47-27(4,5)16-41/h7-12,17-18,45H,13-16,32-37H2,1-6H3,(H,39,44). The molecule has 2 aromatic rings. The van der Waals surface area contributed by atoms with Crippen LogP contribution < -0.4 is 10.1 Å². The summed E-state index contributed by atoms with van der Waals surface area (Å²) in [5, 5.41) is 11.2. The van der Waals surface area contributed by atoms with E-state index in [1.807, 2.05) is 62.4 Å². The fourth-order valence-electron chi connectivity index (χ4n) is 6.63. The zero-order chi connectivity index (χ0) is 35.8. The summed E-state index contributed by atoms with van der Waals surface area (Å²) >= 11 is 0. The maximum absolute atomic E-state index is 16.3. The van der Waals surface area contributed by atoms with E-state index >= 15 is 4.39 Å². The largest absolute Gasteiger partial charge is 0.488 e. The Kier molecular flexibility index (Phi) is 11.1. The van der Waals surface area contributed by atoms with E-state index in [2.05, 4.69) is 10.2 Å². The van der Waals surface area contributed by atoms with Crippen molar-refractivity contribution in [2.45, 2.75) is 80.5 Å². The number of aryl methyl sites for hydroxylation is 1.